The highest BCUT2D eigenvalue weighted by Gasteiger charge is 2.39. The van der Waals surface area contributed by atoms with Crippen LogP contribution < -0.4 is 4.43 Å². The smallest absolute Gasteiger partial charge is 0.264 e. The van der Waals surface area contributed by atoms with Gasteiger partial charge in [0.25, 0.3) is 10.1 Å². The lowest BCUT2D eigenvalue weighted by Crippen LogP contribution is -2.43. The number of nitrogens with zero attached hydrogens (tertiary/aromatic N) is 3. The number of hydrogen-bond donors (Lipinski definition) is 0. The summed E-state index contributed by atoms with van der Waals surface area (Å²) in [5.74, 6) is 0.868. The van der Waals surface area contributed by atoms with Crippen LogP contribution in [0.2, 0.25) is 18.1 Å². The molecular weight excluding hydrogens is 583 g/mol. The highest BCUT2D eigenvalue weighted by atomic mass is 32.2. The van der Waals surface area contributed by atoms with Crippen LogP contribution in [0.4, 0.5) is 0 Å². The standard InChI is InChI=1S/C28H43N3O7S2Si/c1-28(2,3)41(5,6)38-21-11-12-23-22(18-21)27(30-31(23)26-10-7-8-15-36-26)24-19-29-25(39-24)20-35-14-9-13-34-16-17-37-40(4,32)33/h11-12,18-19,26H,7-10,13-17,20H2,1-6H3. The van der Waals surface area contributed by atoms with Crippen molar-refractivity contribution >= 4 is 40.7 Å². The van der Waals surface area contributed by atoms with E-state index in [4.69, 9.17) is 23.7 Å². The van der Waals surface area contributed by atoms with Gasteiger partial charge in [0, 0.05) is 31.4 Å². The summed E-state index contributed by atoms with van der Waals surface area (Å²) < 4.78 is 52.5. The number of rotatable bonds is 14. The minimum absolute atomic E-state index is 0.0167. The molecular formula is C28H43N3O7S2Si. The van der Waals surface area contributed by atoms with Crippen LogP contribution in [-0.2, 0) is 35.1 Å². The fourth-order valence-corrected chi connectivity index (χ4v) is 6.45. The molecule has 0 radical (unpaired) electrons. The third-order valence-electron chi connectivity index (χ3n) is 7.40. The van der Waals surface area contributed by atoms with E-state index in [0.29, 0.717) is 26.2 Å². The Labute approximate surface area is 248 Å². The highest BCUT2D eigenvalue weighted by molar-refractivity contribution is 7.85. The van der Waals surface area contributed by atoms with Crippen LogP contribution in [0.3, 0.4) is 0 Å². The Morgan fingerprint density at radius 1 is 1.12 bits per heavy atom. The molecule has 0 aliphatic carbocycles. The van der Waals surface area contributed by atoms with Crippen LogP contribution in [0.1, 0.15) is 57.7 Å². The Kier molecular flexibility index (Phi) is 10.6. The second kappa shape index (κ2) is 13.6. The van der Waals surface area contributed by atoms with Crippen molar-refractivity contribution in [3.8, 4) is 16.3 Å². The van der Waals surface area contributed by atoms with Gasteiger partial charge in [0.05, 0.1) is 36.5 Å². The summed E-state index contributed by atoms with van der Waals surface area (Å²) in [4.78, 5) is 5.57. The van der Waals surface area contributed by atoms with Crippen molar-refractivity contribution in [3.05, 3.63) is 29.4 Å². The summed E-state index contributed by atoms with van der Waals surface area (Å²) in [7, 11) is -5.44. The molecule has 0 spiro atoms. The topological polar surface area (TPSA) is 111 Å². The first kappa shape index (κ1) is 32.0. The zero-order valence-corrected chi connectivity index (χ0v) is 27.6. The summed E-state index contributed by atoms with van der Waals surface area (Å²) in [6.45, 7) is 13.6. The van der Waals surface area contributed by atoms with E-state index < -0.39 is 18.4 Å². The number of thiazole rings is 1. The maximum atomic E-state index is 11.0. The van der Waals surface area contributed by atoms with Gasteiger partial charge in [0.15, 0.2) is 6.23 Å². The van der Waals surface area contributed by atoms with E-state index >= 15 is 0 Å². The molecule has 1 aromatic carbocycles. The maximum absolute atomic E-state index is 11.0. The minimum atomic E-state index is -3.43. The third kappa shape index (κ3) is 8.82. The SMILES string of the molecule is CC(C)(C)[Si](C)(C)Oc1ccc2c(c1)c(-c1cnc(COCCCOCCOS(C)(=O)=O)s1)nn2C1CCCCO1. The van der Waals surface area contributed by atoms with Crippen LogP contribution in [-0.4, -0.2) is 70.8 Å². The predicted octanol–water partition coefficient (Wildman–Crippen LogP) is 6.14. The Balaban J connectivity index is 1.44. The zero-order chi connectivity index (χ0) is 29.7. The van der Waals surface area contributed by atoms with Crippen molar-refractivity contribution in [2.75, 3.05) is 39.3 Å². The van der Waals surface area contributed by atoms with Gasteiger partial charge in [-0.05, 0) is 62.0 Å². The predicted molar refractivity (Wildman–Crippen MR) is 163 cm³/mol. The van der Waals surface area contributed by atoms with Crippen LogP contribution in [0, 0.1) is 0 Å². The second-order valence-electron chi connectivity index (χ2n) is 11.8. The van der Waals surface area contributed by atoms with Gasteiger partial charge in [0.1, 0.15) is 16.5 Å². The third-order valence-corrected chi connectivity index (χ3v) is 13.3. The van der Waals surface area contributed by atoms with Gasteiger partial charge in [-0.1, -0.05) is 20.8 Å². The summed E-state index contributed by atoms with van der Waals surface area (Å²) in [5.41, 5.74) is 1.91. The van der Waals surface area contributed by atoms with Crippen molar-refractivity contribution in [2.24, 2.45) is 0 Å². The minimum Gasteiger partial charge on any atom is -0.543 e. The number of benzene rings is 1. The summed E-state index contributed by atoms with van der Waals surface area (Å²) >= 11 is 1.57. The molecule has 4 rings (SSSR count). The number of fused-ring (bicyclic) bond motifs is 1. The fraction of sp³-hybridized carbons (Fsp3) is 0.643. The van der Waals surface area contributed by atoms with Gasteiger partial charge in [-0.25, -0.2) is 9.67 Å². The molecule has 0 amide bonds. The van der Waals surface area contributed by atoms with Crippen LogP contribution in [0.25, 0.3) is 21.5 Å². The molecule has 13 heteroatoms. The van der Waals surface area contributed by atoms with Crippen LogP contribution >= 0.6 is 11.3 Å². The van der Waals surface area contributed by atoms with Crippen molar-refractivity contribution in [1.82, 2.24) is 14.8 Å². The first-order valence-electron chi connectivity index (χ1n) is 14.1. The first-order valence-corrected chi connectivity index (χ1v) is 19.7. The molecule has 0 N–H and O–H groups in total. The lowest BCUT2D eigenvalue weighted by Gasteiger charge is -2.36. The zero-order valence-electron chi connectivity index (χ0n) is 25.0. The van der Waals surface area contributed by atoms with E-state index in [1.165, 1.54) is 0 Å². The molecule has 0 saturated carbocycles. The second-order valence-corrected chi connectivity index (χ2v) is 19.3. The molecule has 0 bridgehead atoms. The van der Waals surface area contributed by atoms with E-state index in [1.807, 2.05) is 10.9 Å². The molecule has 1 unspecified atom stereocenters. The largest absolute Gasteiger partial charge is 0.543 e. The van der Waals surface area contributed by atoms with Gasteiger partial charge in [-0.2, -0.15) is 13.5 Å². The van der Waals surface area contributed by atoms with E-state index in [9.17, 15) is 8.42 Å². The Bertz CT molecular complexity index is 1390. The van der Waals surface area contributed by atoms with E-state index in [0.717, 1.165) is 64.4 Å². The number of aromatic nitrogens is 3. The molecule has 3 aromatic rings. The van der Waals surface area contributed by atoms with Crippen molar-refractivity contribution < 1.29 is 31.2 Å². The molecule has 1 aliphatic rings. The average Bonchev–Trinajstić information content (AvgIpc) is 3.51. The van der Waals surface area contributed by atoms with Crippen LogP contribution in [0.15, 0.2) is 24.4 Å². The Hall–Kier alpha value is -1.87. The molecule has 1 fully saturated rings. The molecule has 10 nitrogen and oxygen atoms in total. The molecule has 1 saturated heterocycles. The van der Waals surface area contributed by atoms with E-state index in [-0.39, 0.29) is 24.5 Å². The molecule has 1 aliphatic heterocycles. The molecule has 1 atom stereocenters. The molecule has 41 heavy (non-hydrogen) atoms. The van der Waals surface area contributed by atoms with Crippen LogP contribution in [0.5, 0.6) is 5.75 Å². The summed E-state index contributed by atoms with van der Waals surface area (Å²) in [6, 6.07) is 6.28. The maximum Gasteiger partial charge on any atom is 0.264 e. The summed E-state index contributed by atoms with van der Waals surface area (Å²) in [6.07, 6.45) is 6.63. The van der Waals surface area contributed by atoms with Gasteiger partial charge < -0.3 is 18.6 Å². The lowest BCUT2D eigenvalue weighted by atomic mass is 10.1. The number of hydrogen-bond acceptors (Lipinski definition) is 10. The first-order chi connectivity index (χ1) is 19.3. The van der Waals surface area contributed by atoms with E-state index in [2.05, 4.69) is 61.2 Å². The fourth-order valence-electron chi connectivity index (χ4n) is 4.20. The molecule has 228 valence electrons. The quantitative estimate of drug-likeness (QED) is 0.118. The number of ether oxygens (including phenoxy) is 3. The summed E-state index contributed by atoms with van der Waals surface area (Å²) in [5, 5.41) is 7.05. The Morgan fingerprint density at radius 2 is 1.90 bits per heavy atom. The molecule has 2 aromatic heterocycles. The molecule has 3 heterocycles. The highest BCUT2D eigenvalue weighted by Crippen LogP contribution is 2.40. The average molecular weight is 626 g/mol. The normalized spacial score (nSPS) is 16.9. The van der Waals surface area contributed by atoms with Crippen molar-refractivity contribution in [3.63, 3.8) is 0 Å². The van der Waals surface area contributed by atoms with Gasteiger partial charge >= 0.3 is 0 Å². The van der Waals surface area contributed by atoms with Crippen molar-refractivity contribution in [2.45, 2.75) is 77.4 Å². The van der Waals surface area contributed by atoms with Gasteiger partial charge in [-0.3, -0.25) is 4.18 Å². The lowest BCUT2D eigenvalue weighted by molar-refractivity contribution is -0.0365. The van der Waals surface area contributed by atoms with Gasteiger partial charge in [-0.15, -0.1) is 11.3 Å². The Morgan fingerprint density at radius 3 is 2.61 bits per heavy atom. The van der Waals surface area contributed by atoms with Crippen molar-refractivity contribution in [1.29, 1.82) is 0 Å². The van der Waals surface area contributed by atoms with Gasteiger partial charge in [0.2, 0.25) is 8.32 Å². The van der Waals surface area contributed by atoms with E-state index in [1.54, 1.807) is 11.3 Å². The monoisotopic (exact) mass is 625 g/mol.